The van der Waals surface area contributed by atoms with Crippen LogP contribution in [0.1, 0.15) is 31.7 Å². The van der Waals surface area contributed by atoms with E-state index in [2.05, 4.69) is 0 Å². The number of hydrogen-bond donors (Lipinski definition) is 1. The predicted octanol–water partition coefficient (Wildman–Crippen LogP) is 2.67. The molecule has 20 heavy (non-hydrogen) atoms. The van der Waals surface area contributed by atoms with Gasteiger partial charge in [-0.1, -0.05) is 0 Å². The summed E-state index contributed by atoms with van der Waals surface area (Å²) in [5.41, 5.74) is -1.83. The Labute approximate surface area is 115 Å². The van der Waals surface area contributed by atoms with Gasteiger partial charge in [0.2, 0.25) is 0 Å². The summed E-state index contributed by atoms with van der Waals surface area (Å²) in [6.07, 6.45) is 1.68. The standard InChI is InChI=1S/C14H14F2N2O2/c1-14(13(19)20)4-2-3-5-18(14)12-10(15)6-9(8-17)7-11(12)16/h6-7H,2-5H2,1H3,(H,19,20). The first-order valence-corrected chi connectivity index (χ1v) is 6.30. The molecule has 1 heterocycles. The normalized spacial score (nSPS) is 22.4. The molecule has 4 nitrogen and oxygen atoms in total. The summed E-state index contributed by atoms with van der Waals surface area (Å²) in [6, 6.07) is 3.52. The average Bonchev–Trinajstić information content (AvgIpc) is 2.39. The highest BCUT2D eigenvalue weighted by Gasteiger charge is 2.43. The van der Waals surface area contributed by atoms with Gasteiger partial charge in [0.1, 0.15) is 11.2 Å². The van der Waals surface area contributed by atoms with Gasteiger partial charge in [-0.15, -0.1) is 0 Å². The van der Waals surface area contributed by atoms with E-state index >= 15 is 0 Å². The molecule has 1 aromatic carbocycles. The predicted molar refractivity (Wildman–Crippen MR) is 68.3 cm³/mol. The molecule has 0 aliphatic carbocycles. The molecule has 1 unspecified atom stereocenters. The number of nitrogens with zero attached hydrogens (tertiary/aromatic N) is 2. The first-order valence-electron chi connectivity index (χ1n) is 6.30. The van der Waals surface area contributed by atoms with Crippen molar-refractivity contribution in [3.63, 3.8) is 0 Å². The second-order valence-corrected chi connectivity index (χ2v) is 5.09. The van der Waals surface area contributed by atoms with Crippen molar-refractivity contribution in [2.45, 2.75) is 31.7 Å². The van der Waals surface area contributed by atoms with Crippen LogP contribution in [0.15, 0.2) is 12.1 Å². The number of hydrogen-bond acceptors (Lipinski definition) is 3. The Balaban J connectivity index is 2.54. The molecule has 0 aromatic heterocycles. The van der Waals surface area contributed by atoms with E-state index in [1.165, 1.54) is 11.8 Å². The van der Waals surface area contributed by atoms with Gasteiger partial charge < -0.3 is 10.0 Å². The van der Waals surface area contributed by atoms with Crippen LogP contribution < -0.4 is 4.90 Å². The van der Waals surface area contributed by atoms with Crippen molar-refractivity contribution < 1.29 is 18.7 Å². The maximum absolute atomic E-state index is 14.1. The Hall–Kier alpha value is -2.16. The smallest absolute Gasteiger partial charge is 0.329 e. The van der Waals surface area contributed by atoms with Gasteiger partial charge in [0.25, 0.3) is 0 Å². The van der Waals surface area contributed by atoms with Gasteiger partial charge in [0.05, 0.1) is 11.6 Å². The largest absolute Gasteiger partial charge is 0.480 e. The highest BCUT2D eigenvalue weighted by Crippen LogP contribution is 2.36. The van der Waals surface area contributed by atoms with Crippen molar-refractivity contribution in [1.29, 1.82) is 5.26 Å². The zero-order valence-electron chi connectivity index (χ0n) is 11.0. The molecule has 1 N–H and O–H groups in total. The molecule has 2 rings (SSSR count). The fourth-order valence-electron chi connectivity index (χ4n) is 2.59. The second kappa shape index (κ2) is 5.08. The highest BCUT2D eigenvalue weighted by atomic mass is 19.1. The zero-order chi connectivity index (χ0) is 14.9. The molecule has 106 valence electrons. The van der Waals surface area contributed by atoms with E-state index in [1.807, 2.05) is 0 Å². The fourth-order valence-corrected chi connectivity index (χ4v) is 2.59. The first kappa shape index (κ1) is 14.3. The van der Waals surface area contributed by atoms with E-state index in [1.54, 1.807) is 6.07 Å². The van der Waals surface area contributed by atoms with Crippen LogP contribution >= 0.6 is 0 Å². The minimum absolute atomic E-state index is 0.127. The maximum atomic E-state index is 14.1. The summed E-state index contributed by atoms with van der Waals surface area (Å²) in [7, 11) is 0. The number of carboxylic acids is 1. The third kappa shape index (κ3) is 2.20. The Morgan fingerprint density at radius 2 is 2.00 bits per heavy atom. The van der Waals surface area contributed by atoms with Gasteiger partial charge in [-0.25, -0.2) is 13.6 Å². The minimum atomic E-state index is -1.34. The summed E-state index contributed by atoms with van der Waals surface area (Å²) in [6.45, 7) is 1.73. The van der Waals surface area contributed by atoms with Crippen molar-refractivity contribution in [1.82, 2.24) is 0 Å². The number of aliphatic carboxylic acids is 1. The third-order valence-electron chi connectivity index (χ3n) is 3.77. The molecule has 1 fully saturated rings. The van der Waals surface area contributed by atoms with Crippen molar-refractivity contribution in [3.8, 4) is 6.07 Å². The van der Waals surface area contributed by atoms with Crippen molar-refractivity contribution in [2.24, 2.45) is 0 Å². The lowest BCUT2D eigenvalue weighted by Crippen LogP contribution is -2.56. The lowest BCUT2D eigenvalue weighted by molar-refractivity contribution is -0.143. The number of piperidine rings is 1. The number of anilines is 1. The van der Waals surface area contributed by atoms with Gasteiger partial charge >= 0.3 is 5.97 Å². The van der Waals surface area contributed by atoms with E-state index in [4.69, 9.17) is 5.26 Å². The first-order chi connectivity index (χ1) is 9.40. The van der Waals surface area contributed by atoms with E-state index in [9.17, 15) is 18.7 Å². The van der Waals surface area contributed by atoms with E-state index in [0.717, 1.165) is 12.1 Å². The molecule has 0 spiro atoms. The summed E-state index contributed by atoms with van der Waals surface area (Å²) in [5.74, 6) is -2.92. The molecule has 0 saturated carbocycles. The molecule has 0 radical (unpaired) electrons. The van der Waals surface area contributed by atoms with Crippen LogP contribution in [0.5, 0.6) is 0 Å². The average molecular weight is 280 g/mol. The van der Waals surface area contributed by atoms with Gasteiger partial charge in [0, 0.05) is 6.54 Å². The SMILES string of the molecule is CC1(C(=O)O)CCCCN1c1c(F)cc(C#N)cc1F. The summed E-state index contributed by atoms with van der Waals surface area (Å²) < 4.78 is 28.1. The molecule has 6 heteroatoms. The van der Waals surface area contributed by atoms with Gasteiger partial charge in [-0.3, -0.25) is 0 Å². The summed E-state index contributed by atoms with van der Waals surface area (Å²) >= 11 is 0. The van der Waals surface area contributed by atoms with E-state index < -0.39 is 23.1 Å². The number of nitriles is 1. The van der Waals surface area contributed by atoms with E-state index in [0.29, 0.717) is 19.3 Å². The Bertz CT molecular complexity index is 574. The van der Waals surface area contributed by atoms with Crippen molar-refractivity contribution in [2.75, 3.05) is 11.4 Å². The van der Waals surface area contributed by atoms with Crippen LogP contribution in [-0.2, 0) is 4.79 Å². The quantitative estimate of drug-likeness (QED) is 0.904. The number of benzene rings is 1. The number of carbonyl (C=O) groups is 1. The lowest BCUT2D eigenvalue weighted by atomic mass is 9.87. The fraction of sp³-hybridized carbons (Fsp3) is 0.429. The van der Waals surface area contributed by atoms with Crippen LogP contribution in [0.3, 0.4) is 0 Å². The van der Waals surface area contributed by atoms with Gasteiger partial charge in [-0.05, 0) is 38.3 Å². The highest BCUT2D eigenvalue weighted by molar-refractivity contribution is 5.83. The zero-order valence-corrected chi connectivity index (χ0v) is 11.0. The molecule has 1 aliphatic rings. The molecule has 1 aliphatic heterocycles. The molecule has 1 atom stereocenters. The van der Waals surface area contributed by atoms with Crippen LogP contribution in [-0.4, -0.2) is 23.2 Å². The third-order valence-corrected chi connectivity index (χ3v) is 3.77. The van der Waals surface area contributed by atoms with Crippen LogP contribution in [0.2, 0.25) is 0 Å². The minimum Gasteiger partial charge on any atom is -0.480 e. The van der Waals surface area contributed by atoms with Crippen molar-refractivity contribution >= 4 is 11.7 Å². The Kier molecular flexibility index (Phi) is 3.62. The Morgan fingerprint density at radius 3 is 2.50 bits per heavy atom. The molecule has 1 saturated heterocycles. The second-order valence-electron chi connectivity index (χ2n) is 5.09. The van der Waals surface area contributed by atoms with Gasteiger partial charge in [0.15, 0.2) is 11.6 Å². The van der Waals surface area contributed by atoms with Crippen LogP contribution in [0.4, 0.5) is 14.5 Å². The topological polar surface area (TPSA) is 64.3 Å². The lowest BCUT2D eigenvalue weighted by Gasteiger charge is -2.43. The number of carboxylic acid groups (broad SMARTS) is 1. The Morgan fingerprint density at radius 1 is 1.40 bits per heavy atom. The number of rotatable bonds is 2. The maximum Gasteiger partial charge on any atom is 0.329 e. The number of halogens is 2. The molecular weight excluding hydrogens is 266 g/mol. The van der Waals surface area contributed by atoms with Gasteiger partial charge in [-0.2, -0.15) is 5.26 Å². The van der Waals surface area contributed by atoms with Crippen LogP contribution in [0.25, 0.3) is 0 Å². The monoisotopic (exact) mass is 280 g/mol. The molecule has 1 aromatic rings. The molecule has 0 amide bonds. The summed E-state index contributed by atoms with van der Waals surface area (Å²) in [4.78, 5) is 12.7. The molecular formula is C14H14F2N2O2. The van der Waals surface area contributed by atoms with Crippen LogP contribution in [0, 0.1) is 23.0 Å². The van der Waals surface area contributed by atoms with E-state index in [-0.39, 0.29) is 17.8 Å². The summed E-state index contributed by atoms with van der Waals surface area (Å²) in [5, 5.41) is 18.1. The molecule has 0 bridgehead atoms. The van der Waals surface area contributed by atoms with Crippen molar-refractivity contribution in [3.05, 3.63) is 29.3 Å².